The molecule has 4 heteroatoms. The van der Waals surface area contributed by atoms with E-state index in [4.69, 9.17) is 4.74 Å². The molecule has 2 fully saturated rings. The average Bonchev–Trinajstić information content (AvgIpc) is 3.19. The van der Waals surface area contributed by atoms with Crippen molar-refractivity contribution in [2.75, 3.05) is 26.2 Å². The van der Waals surface area contributed by atoms with E-state index in [2.05, 4.69) is 64.8 Å². The molecule has 3 aliphatic rings. The molecule has 28 heavy (non-hydrogen) atoms. The molecule has 3 unspecified atom stereocenters. The van der Waals surface area contributed by atoms with Gasteiger partial charge in [0.1, 0.15) is 12.5 Å². The maximum Gasteiger partial charge on any atom is 0.125 e. The van der Waals surface area contributed by atoms with Crippen LogP contribution in [-0.2, 0) is 21.6 Å². The van der Waals surface area contributed by atoms with Crippen LogP contribution in [0.15, 0.2) is 54.6 Å². The fourth-order valence-electron chi connectivity index (χ4n) is 5.66. The Morgan fingerprint density at radius 2 is 1.79 bits per heavy atom. The third-order valence-electron chi connectivity index (χ3n) is 7.10. The number of likely N-dealkylation sites (tertiary alicyclic amines) is 1. The van der Waals surface area contributed by atoms with Crippen LogP contribution < -0.4 is 5.32 Å². The van der Waals surface area contributed by atoms with Crippen molar-refractivity contribution < 1.29 is 9.53 Å². The van der Waals surface area contributed by atoms with E-state index >= 15 is 0 Å². The van der Waals surface area contributed by atoms with Crippen LogP contribution in [0.1, 0.15) is 35.4 Å². The number of piperidine rings is 1. The molecule has 146 valence electrons. The van der Waals surface area contributed by atoms with Gasteiger partial charge in [0.15, 0.2) is 0 Å². The van der Waals surface area contributed by atoms with Gasteiger partial charge in [0.05, 0.1) is 12.0 Å². The van der Waals surface area contributed by atoms with Gasteiger partial charge in [-0.2, -0.15) is 0 Å². The van der Waals surface area contributed by atoms with Crippen LogP contribution in [0.2, 0.25) is 0 Å². The summed E-state index contributed by atoms with van der Waals surface area (Å²) in [6.45, 7) is 4.20. The third-order valence-corrected chi connectivity index (χ3v) is 7.10. The zero-order valence-corrected chi connectivity index (χ0v) is 16.2. The quantitative estimate of drug-likeness (QED) is 0.836. The van der Waals surface area contributed by atoms with Gasteiger partial charge in [0, 0.05) is 32.1 Å². The molecule has 1 spiro atoms. The van der Waals surface area contributed by atoms with E-state index in [-0.39, 0.29) is 17.6 Å². The van der Waals surface area contributed by atoms with Gasteiger partial charge in [-0.3, -0.25) is 4.90 Å². The van der Waals surface area contributed by atoms with E-state index in [1.807, 2.05) is 0 Å². The minimum atomic E-state index is -0.282. The molecule has 4 nitrogen and oxygen atoms in total. The summed E-state index contributed by atoms with van der Waals surface area (Å²) in [6.07, 6.45) is 3.39. The third kappa shape index (κ3) is 2.83. The lowest BCUT2D eigenvalue weighted by molar-refractivity contribution is -0.145. The first-order chi connectivity index (χ1) is 13.8. The van der Waals surface area contributed by atoms with Crippen LogP contribution in [0.5, 0.6) is 0 Å². The van der Waals surface area contributed by atoms with Crippen LogP contribution in [0.25, 0.3) is 0 Å². The van der Waals surface area contributed by atoms with Crippen molar-refractivity contribution in [1.82, 2.24) is 10.2 Å². The van der Waals surface area contributed by atoms with Crippen molar-refractivity contribution in [2.45, 2.75) is 37.0 Å². The zero-order valence-electron chi connectivity index (χ0n) is 16.2. The van der Waals surface area contributed by atoms with Crippen molar-refractivity contribution in [3.63, 3.8) is 0 Å². The first-order valence-corrected chi connectivity index (χ1v) is 10.5. The highest BCUT2D eigenvalue weighted by Crippen LogP contribution is 2.46. The summed E-state index contributed by atoms with van der Waals surface area (Å²) >= 11 is 0. The monoisotopic (exact) mass is 376 g/mol. The number of carbonyl (C=O) groups excluding carboxylic acids is 1. The fourth-order valence-corrected chi connectivity index (χ4v) is 5.66. The van der Waals surface area contributed by atoms with Gasteiger partial charge >= 0.3 is 0 Å². The van der Waals surface area contributed by atoms with E-state index in [0.717, 1.165) is 45.3 Å². The van der Waals surface area contributed by atoms with E-state index in [1.165, 1.54) is 16.7 Å². The Kier molecular flexibility index (Phi) is 4.79. The number of benzene rings is 2. The standard InChI is InChI=1S/C24H28N2O2/c27-15-21-14-25-17-24(21)22-9-5-4-8-20(22)16-28-23(24)26-12-10-19(11-13-26)18-6-2-1-3-7-18/h1-9,15,19,21,23,25H,10-14,16-17H2. The summed E-state index contributed by atoms with van der Waals surface area (Å²) in [7, 11) is 0. The zero-order chi connectivity index (χ0) is 19.0. The van der Waals surface area contributed by atoms with Gasteiger partial charge in [-0.1, -0.05) is 54.6 Å². The smallest absolute Gasteiger partial charge is 0.125 e. The minimum Gasteiger partial charge on any atom is -0.357 e. The molecule has 0 bridgehead atoms. The first kappa shape index (κ1) is 18.0. The van der Waals surface area contributed by atoms with E-state index < -0.39 is 0 Å². The molecule has 2 aromatic carbocycles. The van der Waals surface area contributed by atoms with Gasteiger partial charge in [0.2, 0.25) is 0 Å². The molecule has 0 saturated carbocycles. The highest BCUT2D eigenvalue weighted by molar-refractivity contribution is 5.61. The second-order valence-electron chi connectivity index (χ2n) is 8.46. The van der Waals surface area contributed by atoms with Gasteiger partial charge in [-0.25, -0.2) is 0 Å². The summed E-state index contributed by atoms with van der Waals surface area (Å²) in [6, 6.07) is 19.4. The highest BCUT2D eigenvalue weighted by atomic mass is 16.5. The van der Waals surface area contributed by atoms with E-state index in [0.29, 0.717) is 12.5 Å². The summed E-state index contributed by atoms with van der Waals surface area (Å²) in [4.78, 5) is 14.5. The molecule has 3 aliphatic heterocycles. The maximum atomic E-state index is 12.0. The number of aldehydes is 1. The molecule has 1 N–H and O–H groups in total. The van der Waals surface area contributed by atoms with E-state index in [1.54, 1.807) is 0 Å². The second kappa shape index (κ2) is 7.43. The van der Waals surface area contributed by atoms with Crippen LogP contribution in [0.3, 0.4) is 0 Å². The number of nitrogens with one attached hydrogen (secondary N) is 1. The number of hydrogen-bond acceptors (Lipinski definition) is 4. The highest BCUT2D eigenvalue weighted by Gasteiger charge is 2.55. The molecule has 2 aromatic rings. The van der Waals surface area contributed by atoms with Crippen molar-refractivity contribution in [1.29, 1.82) is 0 Å². The SMILES string of the molecule is O=CC1CNCC12c1ccccc1COC2N1CCC(c2ccccc2)CC1. The predicted octanol–water partition coefficient (Wildman–Crippen LogP) is 3.08. The molecular formula is C24H28N2O2. The summed E-state index contributed by atoms with van der Waals surface area (Å²) in [5, 5.41) is 3.49. The topological polar surface area (TPSA) is 41.6 Å². The lowest BCUT2D eigenvalue weighted by atomic mass is 9.68. The lowest BCUT2D eigenvalue weighted by Crippen LogP contribution is -2.60. The summed E-state index contributed by atoms with van der Waals surface area (Å²) in [5.74, 6) is 0.568. The Morgan fingerprint density at radius 1 is 1.04 bits per heavy atom. The first-order valence-electron chi connectivity index (χ1n) is 10.5. The molecule has 2 saturated heterocycles. The van der Waals surface area contributed by atoms with Gasteiger partial charge in [0.25, 0.3) is 0 Å². The van der Waals surface area contributed by atoms with Crippen molar-refractivity contribution >= 4 is 6.29 Å². The maximum absolute atomic E-state index is 12.0. The Bertz CT molecular complexity index is 832. The second-order valence-corrected chi connectivity index (χ2v) is 8.46. The minimum absolute atomic E-state index is 0.0377. The van der Waals surface area contributed by atoms with Gasteiger partial charge in [-0.15, -0.1) is 0 Å². The van der Waals surface area contributed by atoms with Crippen LogP contribution in [0.4, 0.5) is 0 Å². The number of rotatable bonds is 3. The Labute approximate surface area is 166 Å². The number of fused-ring (bicyclic) bond motifs is 2. The van der Waals surface area contributed by atoms with Crippen LogP contribution in [0, 0.1) is 5.92 Å². The van der Waals surface area contributed by atoms with Crippen LogP contribution in [-0.4, -0.2) is 43.6 Å². The summed E-state index contributed by atoms with van der Waals surface area (Å²) in [5.41, 5.74) is 3.70. The molecule has 0 radical (unpaired) electrons. The normalized spacial score (nSPS) is 31.0. The fraction of sp³-hybridized carbons (Fsp3) is 0.458. The number of carbonyl (C=O) groups is 1. The predicted molar refractivity (Wildman–Crippen MR) is 109 cm³/mol. The van der Waals surface area contributed by atoms with Gasteiger partial charge < -0.3 is 14.8 Å². The number of ether oxygens (including phenoxy) is 1. The Hall–Kier alpha value is -2.01. The van der Waals surface area contributed by atoms with Crippen molar-refractivity contribution in [3.8, 4) is 0 Å². The molecular weight excluding hydrogens is 348 g/mol. The van der Waals surface area contributed by atoms with Crippen molar-refractivity contribution in [3.05, 3.63) is 71.3 Å². The van der Waals surface area contributed by atoms with Crippen molar-refractivity contribution in [2.24, 2.45) is 5.92 Å². The number of hydrogen-bond donors (Lipinski definition) is 1. The molecule has 3 atom stereocenters. The molecule has 0 amide bonds. The average molecular weight is 377 g/mol. The lowest BCUT2D eigenvalue weighted by Gasteiger charge is -2.50. The number of nitrogens with zero attached hydrogens (tertiary/aromatic N) is 1. The molecule has 0 aliphatic carbocycles. The molecule has 3 heterocycles. The Balaban J connectivity index is 1.43. The van der Waals surface area contributed by atoms with Crippen LogP contribution >= 0.6 is 0 Å². The summed E-state index contributed by atoms with van der Waals surface area (Å²) < 4.78 is 6.48. The largest absolute Gasteiger partial charge is 0.357 e. The molecule has 5 rings (SSSR count). The van der Waals surface area contributed by atoms with Gasteiger partial charge in [-0.05, 0) is 35.4 Å². The Morgan fingerprint density at radius 3 is 2.57 bits per heavy atom. The molecule has 0 aromatic heterocycles. The van der Waals surface area contributed by atoms with E-state index in [9.17, 15) is 4.79 Å².